The predicted molar refractivity (Wildman–Crippen MR) is 81.8 cm³/mol. The fourth-order valence-electron chi connectivity index (χ4n) is 4.02. The number of carbonyl (C=O) groups is 1. The van der Waals surface area contributed by atoms with Gasteiger partial charge in [-0.25, -0.2) is 0 Å². The molecule has 2 heterocycles. The van der Waals surface area contributed by atoms with Crippen LogP contribution >= 0.6 is 0 Å². The molecule has 0 unspecified atom stereocenters. The Morgan fingerprint density at radius 2 is 1.92 bits per heavy atom. The minimum atomic E-state index is -5.08. The molecule has 0 spiro atoms. The highest BCUT2D eigenvalue weighted by atomic mass is 19.4. The Morgan fingerprint density at radius 1 is 1.24 bits per heavy atom. The number of halogens is 3. The van der Waals surface area contributed by atoms with E-state index in [2.05, 4.69) is 0 Å². The van der Waals surface area contributed by atoms with Gasteiger partial charge in [-0.1, -0.05) is 37.3 Å². The minimum absolute atomic E-state index is 0.0616. The lowest BCUT2D eigenvalue weighted by atomic mass is 9.90. The summed E-state index contributed by atoms with van der Waals surface area (Å²) in [6.07, 6.45) is -4.66. The lowest BCUT2D eigenvalue weighted by molar-refractivity contribution is -0.655. The molecule has 2 N–H and O–H groups in total. The fraction of sp³-hybridized carbons (Fsp3) is 0.588. The van der Waals surface area contributed by atoms with Crippen LogP contribution in [0, 0.1) is 0 Å². The van der Waals surface area contributed by atoms with Crippen LogP contribution in [0.25, 0.3) is 0 Å². The van der Waals surface area contributed by atoms with Crippen molar-refractivity contribution in [3.63, 3.8) is 0 Å². The Hall–Kier alpha value is -1.64. The van der Waals surface area contributed by atoms with Crippen molar-refractivity contribution >= 4 is 5.91 Å². The maximum Gasteiger partial charge on any atom is 0.410 e. The first-order valence-corrected chi connectivity index (χ1v) is 8.50. The van der Waals surface area contributed by atoms with Crippen LogP contribution in [0.4, 0.5) is 13.2 Å². The molecule has 0 aliphatic carbocycles. The lowest BCUT2D eigenvalue weighted by Crippen LogP contribution is -2.85. The molecule has 5 nitrogen and oxygen atoms in total. The average molecular weight is 357 g/mol. The van der Waals surface area contributed by atoms with Crippen LogP contribution in [-0.2, 0) is 11.3 Å². The van der Waals surface area contributed by atoms with Crippen LogP contribution in [0.5, 0.6) is 0 Å². The van der Waals surface area contributed by atoms with Crippen molar-refractivity contribution < 1.29 is 28.4 Å². The Balaban J connectivity index is 2.10. The van der Waals surface area contributed by atoms with Gasteiger partial charge in [-0.3, -0.25) is 9.69 Å². The first-order chi connectivity index (χ1) is 11.8. The van der Waals surface area contributed by atoms with Crippen LogP contribution in [0.3, 0.4) is 0 Å². The summed E-state index contributed by atoms with van der Waals surface area (Å²) in [7, 11) is 0. The summed E-state index contributed by atoms with van der Waals surface area (Å²) in [5.74, 6) is -4.24. The van der Waals surface area contributed by atoms with E-state index in [1.807, 2.05) is 5.32 Å². The number of quaternary nitrogens is 1. The number of rotatable bonds is 3. The molecular formula is C17H22F3N3O2. The topological polar surface area (TPSA) is 63.2 Å². The highest BCUT2D eigenvalue weighted by Gasteiger charge is 2.68. The largest absolute Gasteiger partial charge is 0.815 e. The molecule has 0 bridgehead atoms. The average Bonchev–Trinajstić information content (AvgIpc) is 2.75. The van der Waals surface area contributed by atoms with Crippen LogP contribution in [0.2, 0.25) is 0 Å². The summed E-state index contributed by atoms with van der Waals surface area (Å²) in [5, 5.41) is 15.1. The van der Waals surface area contributed by atoms with E-state index in [1.54, 1.807) is 37.3 Å². The second-order valence-electron chi connectivity index (χ2n) is 6.64. The minimum Gasteiger partial charge on any atom is -0.815 e. The van der Waals surface area contributed by atoms with Gasteiger partial charge in [-0.05, 0) is 12.0 Å². The Morgan fingerprint density at radius 3 is 2.52 bits per heavy atom. The summed E-state index contributed by atoms with van der Waals surface area (Å²) >= 11 is 0. The molecule has 8 heteroatoms. The normalized spacial score (nSPS) is 31.1. The highest BCUT2D eigenvalue weighted by Crippen LogP contribution is 2.47. The molecule has 0 aromatic heterocycles. The van der Waals surface area contributed by atoms with E-state index < -0.39 is 23.5 Å². The van der Waals surface area contributed by atoms with E-state index in [0.717, 1.165) is 4.90 Å². The molecule has 2 atom stereocenters. The third-order valence-electron chi connectivity index (χ3n) is 5.35. The number of nitrogens with two attached hydrogens (primary N) is 1. The zero-order chi connectivity index (χ0) is 18.3. The molecule has 2 aliphatic heterocycles. The van der Waals surface area contributed by atoms with Crippen molar-refractivity contribution in [1.29, 1.82) is 0 Å². The number of hydrogen-bond donors (Lipinski definition) is 1. The first kappa shape index (κ1) is 18.2. The summed E-state index contributed by atoms with van der Waals surface area (Å²) in [4.78, 5) is 14.4. The Labute approximate surface area is 144 Å². The molecular weight excluding hydrogens is 335 g/mol. The number of hydrogen-bond acceptors (Lipinski definition) is 3. The van der Waals surface area contributed by atoms with Crippen LogP contribution < -0.4 is 10.4 Å². The fourth-order valence-corrected chi connectivity index (χ4v) is 4.02. The number of carbonyl (C=O) groups excluding carboxylic acids is 1. The van der Waals surface area contributed by atoms with E-state index in [1.165, 1.54) is 0 Å². The molecule has 1 aromatic rings. The summed E-state index contributed by atoms with van der Waals surface area (Å²) in [6, 6.07) is 8.35. The van der Waals surface area contributed by atoms with Gasteiger partial charge in [-0.15, -0.1) is 0 Å². The summed E-state index contributed by atoms with van der Waals surface area (Å²) in [5.41, 5.74) is -0.866. The molecule has 1 amide bonds. The van der Waals surface area contributed by atoms with Gasteiger partial charge in [0.2, 0.25) is 5.91 Å². The summed E-state index contributed by atoms with van der Waals surface area (Å²) < 4.78 is 41.8. The molecule has 2 saturated heterocycles. The first-order valence-electron chi connectivity index (χ1n) is 8.50. The van der Waals surface area contributed by atoms with Crippen LogP contribution in [0.1, 0.15) is 25.3 Å². The summed E-state index contributed by atoms with van der Waals surface area (Å²) in [6.45, 7) is 2.18. The van der Waals surface area contributed by atoms with E-state index in [-0.39, 0.29) is 25.9 Å². The van der Waals surface area contributed by atoms with Gasteiger partial charge in [0, 0.05) is 19.5 Å². The lowest BCUT2D eigenvalue weighted by Gasteiger charge is -2.51. The highest BCUT2D eigenvalue weighted by molar-refractivity contribution is 5.89. The zero-order valence-electron chi connectivity index (χ0n) is 14.1. The number of fused-ring (bicyclic) bond motifs is 1. The number of benzene rings is 1. The van der Waals surface area contributed by atoms with Gasteiger partial charge in [0.25, 0.3) is 0 Å². The SMILES string of the molecule is CC[C@]12CC[NH2+]CCN1[C@]([O-])(C(F)(F)F)N(Cc1ccccc1)C2=O. The van der Waals surface area contributed by atoms with Crippen molar-refractivity contribution in [2.45, 2.75) is 43.9 Å². The second kappa shape index (κ2) is 6.26. The molecule has 2 fully saturated rings. The van der Waals surface area contributed by atoms with E-state index >= 15 is 0 Å². The molecule has 0 radical (unpaired) electrons. The van der Waals surface area contributed by atoms with Gasteiger partial charge in [0.15, 0.2) is 0 Å². The quantitative estimate of drug-likeness (QED) is 0.830. The molecule has 25 heavy (non-hydrogen) atoms. The Kier molecular flexibility index (Phi) is 4.55. The van der Waals surface area contributed by atoms with E-state index in [9.17, 15) is 23.1 Å². The van der Waals surface area contributed by atoms with Gasteiger partial charge in [0.05, 0.1) is 13.1 Å². The second-order valence-corrected chi connectivity index (χ2v) is 6.64. The van der Waals surface area contributed by atoms with Gasteiger partial charge < -0.3 is 15.3 Å². The van der Waals surface area contributed by atoms with Crippen molar-refractivity contribution in [1.82, 2.24) is 9.80 Å². The van der Waals surface area contributed by atoms with Gasteiger partial charge in [0.1, 0.15) is 11.4 Å². The molecule has 138 valence electrons. The van der Waals surface area contributed by atoms with Gasteiger partial charge >= 0.3 is 6.18 Å². The maximum absolute atomic E-state index is 13.9. The van der Waals surface area contributed by atoms with Crippen molar-refractivity contribution in [3.8, 4) is 0 Å². The maximum atomic E-state index is 13.9. The van der Waals surface area contributed by atoms with E-state index in [0.29, 0.717) is 23.6 Å². The monoisotopic (exact) mass is 357 g/mol. The Bertz CT molecular complexity index is 640. The van der Waals surface area contributed by atoms with Crippen molar-refractivity contribution in [2.75, 3.05) is 19.6 Å². The molecule has 3 rings (SSSR count). The predicted octanol–water partition coefficient (Wildman–Crippen LogP) is 0.0231. The third-order valence-corrected chi connectivity index (χ3v) is 5.35. The molecule has 1 aromatic carbocycles. The standard InChI is InChI=1S/C17H21F3N3O2/c1-2-15-8-9-21-10-11-23(15)17(25,16(18,19)20)22(14(15)24)12-13-6-4-3-5-7-13/h3-7,21H,2,8-12H2,1H3/q-1/p+1/t15-,17+/m1/s1. The number of alkyl halides is 3. The third kappa shape index (κ3) is 2.63. The molecule has 0 saturated carbocycles. The molecule has 2 aliphatic rings. The number of nitrogens with zero attached hydrogens (tertiary/aromatic N) is 2. The smallest absolute Gasteiger partial charge is 0.410 e. The van der Waals surface area contributed by atoms with Crippen LogP contribution in [0.15, 0.2) is 30.3 Å². The van der Waals surface area contributed by atoms with Crippen molar-refractivity contribution in [2.24, 2.45) is 0 Å². The zero-order valence-corrected chi connectivity index (χ0v) is 14.1. The van der Waals surface area contributed by atoms with E-state index in [4.69, 9.17) is 0 Å². The number of amides is 1. The van der Waals surface area contributed by atoms with Crippen molar-refractivity contribution in [3.05, 3.63) is 35.9 Å². The van der Waals surface area contributed by atoms with Gasteiger partial charge in [-0.2, -0.15) is 13.2 Å². The van der Waals surface area contributed by atoms with Crippen LogP contribution in [-0.4, -0.2) is 52.9 Å².